The summed E-state index contributed by atoms with van der Waals surface area (Å²) in [6.45, 7) is 4.33. The molecule has 0 aliphatic rings. The van der Waals surface area contributed by atoms with Crippen LogP contribution in [0.5, 0.6) is 0 Å². The van der Waals surface area contributed by atoms with Crippen LogP contribution in [-0.2, 0) is 11.3 Å². The number of carboxylic acid groups (broad SMARTS) is 1. The maximum absolute atomic E-state index is 11.7. The molecular formula is C15H20N2O3. The molecule has 0 aliphatic carbocycles. The van der Waals surface area contributed by atoms with Gasteiger partial charge in [-0.05, 0) is 31.1 Å². The number of hydrogen-bond donors (Lipinski definition) is 2. The zero-order valence-electron chi connectivity index (χ0n) is 12.0. The van der Waals surface area contributed by atoms with Gasteiger partial charge in [0, 0.05) is 25.7 Å². The summed E-state index contributed by atoms with van der Waals surface area (Å²) in [5.74, 6) is -0.973. The number of hydrogen-bond acceptors (Lipinski definition) is 2. The van der Waals surface area contributed by atoms with Gasteiger partial charge in [0.05, 0.1) is 0 Å². The number of amides is 2. The van der Waals surface area contributed by atoms with Crippen molar-refractivity contribution in [3.63, 3.8) is 0 Å². The molecule has 5 heteroatoms. The Labute approximate surface area is 118 Å². The predicted molar refractivity (Wildman–Crippen MR) is 78.2 cm³/mol. The van der Waals surface area contributed by atoms with Crippen LogP contribution >= 0.6 is 0 Å². The van der Waals surface area contributed by atoms with Crippen LogP contribution in [0.3, 0.4) is 0 Å². The lowest BCUT2D eigenvalue weighted by Crippen LogP contribution is -2.40. The topological polar surface area (TPSA) is 69.6 Å². The minimum Gasteiger partial charge on any atom is -0.478 e. The minimum absolute atomic E-state index is 0.105. The third-order valence-electron chi connectivity index (χ3n) is 2.58. The normalized spacial score (nSPS) is 10.8. The second-order valence-corrected chi connectivity index (χ2v) is 4.87. The molecule has 0 heterocycles. The summed E-state index contributed by atoms with van der Waals surface area (Å²) in [5, 5.41) is 11.4. The Morgan fingerprint density at radius 2 is 1.90 bits per heavy atom. The molecule has 0 unspecified atom stereocenters. The van der Waals surface area contributed by atoms with Gasteiger partial charge in [-0.15, -0.1) is 0 Å². The molecule has 0 spiro atoms. The van der Waals surface area contributed by atoms with Gasteiger partial charge in [0.15, 0.2) is 0 Å². The first-order chi connectivity index (χ1) is 9.38. The van der Waals surface area contributed by atoms with Crippen molar-refractivity contribution in [1.82, 2.24) is 10.2 Å². The van der Waals surface area contributed by atoms with Crippen LogP contribution in [0.2, 0.25) is 0 Å². The van der Waals surface area contributed by atoms with E-state index in [1.54, 1.807) is 11.9 Å². The van der Waals surface area contributed by atoms with Crippen LogP contribution in [0, 0.1) is 0 Å². The van der Waals surface area contributed by atoms with Crippen molar-refractivity contribution >= 4 is 18.1 Å². The predicted octanol–water partition coefficient (Wildman–Crippen LogP) is 2.33. The van der Waals surface area contributed by atoms with Crippen molar-refractivity contribution in [2.24, 2.45) is 0 Å². The van der Waals surface area contributed by atoms with E-state index in [4.69, 9.17) is 5.11 Å². The Bertz CT molecular complexity index is 492. The Morgan fingerprint density at radius 1 is 1.30 bits per heavy atom. The number of nitrogens with one attached hydrogen (secondary N) is 1. The Kier molecular flexibility index (Phi) is 5.77. The zero-order valence-corrected chi connectivity index (χ0v) is 12.0. The van der Waals surface area contributed by atoms with Crippen LogP contribution in [0.15, 0.2) is 30.3 Å². The van der Waals surface area contributed by atoms with Crippen molar-refractivity contribution in [2.75, 3.05) is 7.05 Å². The molecule has 0 aliphatic heterocycles. The summed E-state index contributed by atoms with van der Waals surface area (Å²) in [4.78, 5) is 23.8. The van der Waals surface area contributed by atoms with E-state index in [1.807, 2.05) is 38.1 Å². The van der Waals surface area contributed by atoms with Crippen molar-refractivity contribution in [2.45, 2.75) is 26.4 Å². The smallest absolute Gasteiger partial charge is 0.328 e. The number of benzene rings is 1. The number of carbonyl (C=O) groups excluding carboxylic acids is 1. The fraction of sp³-hybridized carbons (Fsp3) is 0.333. The van der Waals surface area contributed by atoms with Crippen LogP contribution < -0.4 is 5.32 Å². The van der Waals surface area contributed by atoms with Crippen molar-refractivity contribution in [3.05, 3.63) is 41.5 Å². The van der Waals surface area contributed by atoms with E-state index < -0.39 is 5.97 Å². The highest BCUT2D eigenvalue weighted by Crippen LogP contribution is 2.08. The lowest BCUT2D eigenvalue weighted by atomic mass is 10.1. The molecule has 0 atom stereocenters. The highest BCUT2D eigenvalue weighted by atomic mass is 16.4. The SMILES string of the molecule is CC(C)NC(=O)N(C)Cc1ccc(C=CC(=O)O)cc1. The third kappa shape index (κ3) is 5.56. The molecule has 0 radical (unpaired) electrons. The highest BCUT2D eigenvalue weighted by molar-refractivity contribution is 5.85. The second-order valence-electron chi connectivity index (χ2n) is 4.87. The molecule has 0 aromatic heterocycles. The molecule has 0 saturated carbocycles. The Balaban J connectivity index is 2.61. The van der Waals surface area contributed by atoms with Gasteiger partial charge < -0.3 is 15.3 Å². The molecule has 0 saturated heterocycles. The fourth-order valence-electron chi connectivity index (χ4n) is 1.60. The summed E-state index contributed by atoms with van der Waals surface area (Å²) in [5.41, 5.74) is 1.80. The van der Waals surface area contributed by atoms with Crippen molar-refractivity contribution < 1.29 is 14.7 Å². The van der Waals surface area contributed by atoms with Crippen molar-refractivity contribution in [3.8, 4) is 0 Å². The maximum atomic E-state index is 11.7. The average Bonchev–Trinajstić information content (AvgIpc) is 2.37. The lowest BCUT2D eigenvalue weighted by molar-refractivity contribution is -0.131. The molecule has 5 nitrogen and oxygen atoms in total. The van der Waals surface area contributed by atoms with E-state index >= 15 is 0 Å². The number of urea groups is 1. The first-order valence-electron chi connectivity index (χ1n) is 6.40. The van der Waals surface area contributed by atoms with Crippen LogP contribution in [0.1, 0.15) is 25.0 Å². The molecule has 1 aromatic carbocycles. The van der Waals surface area contributed by atoms with E-state index in [0.717, 1.165) is 17.2 Å². The maximum Gasteiger partial charge on any atom is 0.328 e. The van der Waals surface area contributed by atoms with Gasteiger partial charge in [-0.25, -0.2) is 9.59 Å². The van der Waals surface area contributed by atoms with E-state index in [9.17, 15) is 9.59 Å². The van der Waals surface area contributed by atoms with Crippen molar-refractivity contribution in [1.29, 1.82) is 0 Å². The van der Waals surface area contributed by atoms with Crippen LogP contribution in [-0.4, -0.2) is 35.1 Å². The molecule has 20 heavy (non-hydrogen) atoms. The number of carboxylic acids is 1. The Morgan fingerprint density at radius 3 is 2.40 bits per heavy atom. The zero-order chi connectivity index (χ0) is 15.1. The molecule has 1 aromatic rings. The van der Waals surface area contributed by atoms with Gasteiger partial charge in [0.2, 0.25) is 0 Å². The molecule has 2 N–H and O–H groups in total. The van der Waals surface area contributed by atoms with Gasteiger partial charge in [0.25, 0.3) is 0 Å². The van der Waals surface area contributed by atoms with Crippen LogP contribution in [0.25, 0.3) is 6.08 Å². The third-order valence-corrected chi connectivity index (χ3v) is 2.58. The molecule has 0 fully saturated rings. The van der Waals surface area contributed by atoms with Crippen LogP contribution in [0.4, 0.5) is 4.79 Å². The quantitative estimate of drug-likeness (QED) is 0.811. The molecule has 108 valence electrons. The number of nitrogens with zero attached hydrogens (tertiary/aromatic N) is 1. The summed E-state index contributed by atoms with van der Waals surface area (Å²) >= 11 is 0. The highest BCUT2D eigenvalue weighted by Gasteiger charge is 2.09. The van der Waals surface area contributed by atoms with Gasteiger partial charge in [-0.1, -0.05) is 24.3 Å². The summed E-state index contributed by atoms with van der Waals surface area (Å²) in [6, 6.07) is 7.39. The first kappa shape index (κ1) is 15.8. The van der Waals surface area contributed by atoms with Gasteiger partial charge in [0.1, 0.15) is 0 Å². The van der Waals surface area contributed by atoms with E-state index in [2.05, 4.69) is 5.32 Å². The van der Waals surface area contributed by atoms with Gasteiger partial charge in [-0.3, -0.25) is 0 Å². The summed E-state index contributed by atoms with van der Waals surface area (Å²) in [6.07, 6.45) is 2.62. The summed E-state index contributed by atoms with van der Waals surface area (Å²) in [7, 11) is 1.73. The monoisotopic (exact) mass is 276 g/mol. The number of rotatable bonds is 5. The number of aliphatic carboxylic acids is 1. The van der Waals surface area contributed by atoms with E-state index in [0.29, 0.717) is 6.54 Å². The largest absolute Gasteiger partial charge is 0.478 e. The Hall–Kier alpha value is -2.30. The lowest BCUT2D eigenvalue weighted by Gasteiger charge is -2.19. The van der Waals surface area contributed by atoms with Gasteiger partial charge in [-0.2, -0.15) is 0 Å². The molecule has 1 rings (SSSR count). The standard InChI is InChI=1S/C15H20N2O3/c1-11(2)16-15(20)17(3)10-13-6-4-12(5-7-13)8-9-14(18)19/h4-9,11H,10H2,1-3H3,(H,16,20)(H,18,19). The average molecular weight is 276 g/mol. The van der Waals surface area contributed by atoms with E-state index in [1.165, 1.54) is 6.08 Å². The first-order valence-corrected chi connectivity index (χ1v) is 6.40. The molecule has 0 bridgehead atoms. The fourth-order valence-corrected chi connectivity index (χ4v) is 1.60. The summed E-state index contributed by atoms with van der Waals surface area (Å²) < 4.78 is 0. The molecule has 2 amide bonds. The molecular weight excluding hydrogens is 256 g/mol. The van der Waals surface area contributed by atoms with E-state index in [-0.39, 0.29) is 12.1 Å². The van der Waals surface area contributed by atoms with Gasteiger partial charge >= 0.3 is 12.0 Å². The number of carbonyl (C=O) groups is 2. The minimum atomic E-state index is -0.973. The second kappa shape index (κ2) is 7.33.